The molecule has 0 N–H and O–H groups in total. The van der Waals surface area contributed by atoms with Crippen LogP contribution in [-0.2, 0) is 12.5 Å². The molecule has 0 aliphatic rings. The van der Waals surface area contributed by atoms with Crippen molar-refractivity contribution >= 4 is 11.6 Å². The first-order valence-electron chi connectivity index (χ1n) is 6.86. The SMILES string of the molecule is CCCc1ccc(C(F)(F)Oc2cc(F)c(F)c(F)c2)c(F)c1Cl. The van der Waals surface area contributed by atoms with E-state index in [0.717, 1.165) is 6.07 Å². The molecule has 0 amide bonds. The van der Waals surface area contributed by atoms with Gasteiger partial charge in [0.05, 0.1) is 5.02 Å². The highest BCUT2D eigenvalue weighted by atomic mass is 35.5. The van der Waals surface area contributed by atoms with Gasteiger partial charge in [-0.25, -0.2) is 17.6 Å². The zero-order valence-electron chi connectivity index (χ0n) is 12.3. The molecule has 0 spiro atoms. The number of aryl methyl sites for hydroxylation is 1. The standard InChI is InChI=1S/C16H11ClF6O/c1-2-3-8-4-5-10(14(20)13(8)17)16(22,23)24-9-6-11(18)15(21)12(19)7-9/h4-7H,2-3H2,1H3. The van der Waals surface area contributed by atoms with E-state index in [1.54, 1.807) is 6.92 Å². The summed E-state index contributed by atoms with van der Waals surface area (Å²) >= 11 is 5.72. The fourth-order valence-electron chi connectivity index (χ4n) is 2.07. The summed E-state index contributed by atoms with van der Waals surface area (Å²) < 4.78 is 85.4. The maximum atomic E-state index is 14.1. The van der Waals surface area contributed by atoms with Crippen molar-refractivity contribution in [3.05, 3.63) is 63.7 Å². The molecular formula is C16H11ClF6O. The second kappa shape index (κ2) is 6.93. The van der Waals surface area contributed by atoms with Crippen LogP contribution in [0.25, 0.3) is 0 Å². The summed E-state index contributed by atoms with van der Waals surface area (Å²) in [6.07, 6.45) is -3.26. The molecule has 0 radical (unpaired) electrons. The molecule has 0 aromatic heterocycles. The van der Waals surface area contributed by atoms with Gasteiger partial charge in [0.2, 0.25) is 0 Å². The van der Waals surface area contributed by atoms with Crippen molar-refractivity contribution in [2.24, 2.45) is 0 Å². The van der Waals surface area contributed by atoms with Gasteiger partial charge < -0.3 is 4.74 Å². The van der Waals surface area contributed by atoms with Crippen molar-refractivity contribution in [3.8, 4) is 5.75 Å². The molecular weight excluding hydrogens is 358 g/mol. The Morgan fingerprint density at radius 2 is 1.58 bits per heavy atom. The minimum Gasteiger partial charge on any atom is -0.429 e. The van der Waals surface area contributed by atoms with Crippen LogP contribution in [0.4, 0.5) is 26.3 Å². The Morgan fingerprint density at radius 3 is 2.12 bits per heavy atom. The molecule has 0 saturated carbocycles. The zero-order chi connectivity index (χ0) is 18.1. The molecule has 0 atom stereocenters. The average molecular weight is 369 g/mol. The predicted molar refractivity (Wildman–Crippen MR) is 76.2 cm³/mol. The smallest absolute Gasteiger partial charge is 0.429 e. The van der Waals surface area contributed by atoms with E-state index in [-0.39, 0.29) is 12.1 Å². The number of halogens is 7. The summed E-state index contributed by atoms with van der Waals surface area (Å²) in [4.78, 5) is 0. The number of hydrogen-bond donors (Lipinski definition) is 0. The quantitative estimate of drug-likeness (QED) is 0.466. The number of benzene rings is 2. The van der Waals surface area contributed by atoms with Gasteiger partial charge in [-0.15, -0.1) is 0 Å². The normalized spacial score (nSPS) is 11.7. The summed E-state index contributed by atoms with van der Waals surface area (Å²) in [6.45, 7) is 1.80. The van der Waals surface area contributed by atoms with Gasteiger partial charge in [0.25, 0.3) is 0 Å². The molecule has 0 saturated heterocycles. The van der Waals surface area contributed by atoms with Gasteiger partial charge in [-0.3, -0.25) is 0 Å². The summed E-state index contributed by atoms with van der Waals surface area (Å²) in [5.41, 5.74) is -0.854. The van der Waals surface area contributed by atoms with E-state index in [9.17, 15) is 26.3 Å². The summed E-state index contributed by atoms with van der Waals surface area (Å²) in [7, 11) is 0. The third kappa shape index (κ3) is 3.61. The number of rotatable bonds is 5. The molecule has 24 heavy (non-hydrogen) atoms. The van der Waals surface area contributed by atoms with E-state index in [2.05, 4.69) is 4.74 Å². The first kappa shape index (κ1) is 18.4. The third-order valence-electron chi connectivity index (χ3n) is 3.20. The third-order valence-corrected chi connectivity index (χ3v) is 3.61. The first-order valence-corrected chi connectivity index (χ1v) is 7.24. The Balaban J connectivity index is 2.39. The van der Waals surface area contributed by atoms with Gasteiger partial charge in [0.15, 0.2) is 23.3 Å². The van der Waals surface area contributed by atoms with Crippen molar-refractivity contribution in [2.75, 3.05) is 0 Å². The van der Waals surface area contributed by atoms with Gasteiger partial charge in [0.1, 0.15) is 11.3 Å². The van der Waals surface area contributed by atoms with Crippen LogP contribution in [0.5, 0.6) is 5.75 Å². The molecule has 2 aromatic carbocycles. The Hall–Kier alpha value is -1.89. The largest absolute Gasteiger partial charge is 0.429 e. The molecule has 130 valence electrons. The Bertz CT molecular complexity index is 739. The molecule has 0 unspecified atom stereocenters. The Labute approximate surface area is 138 Å². The van der Waals surface area contributed by atoms with Gasteiger partial charge in [0, 0.05) is 12.1 Å². The van der Waals surface area contributed by atoms with Gasteiger partial charge in [-0.05, 0) is 18.1 Å². The molecule has 2 aromatic rings. The topological polar surface area (TPSA) is 9.23 Å². The Morgan fingerprint density at radius 1 is 1.00 bits per heavy atom. The van der Waals surface area contributed by atoms with E-state index in [1.807, 2.05) is 0 Å². The number of alkyl halides is 2. The van der Waals surface area contributed by atoms with Crippen LogP contribution in [0, 0.1) is 23.3 Å². The summed E-state index contributed by atoms with van der Waals surface area (Å²) in [5.74, 6) is -7.64. The average Bonchev–Trinajstić information content (AvgIpc) is 2.49. The van der Waals surface area contributed by atoms with Crippen LogP contribution >= 0.6 is 11.6 Å². The van der Waals surface area contributed by atoms with Crippen LogP contribution in [-0.4, -0.2) is 0 Å². The lowest BCUT2D eigenvalue weighted by Gasteiger charge is -2.20. The molecule has 0 aliphatic heterocycles. The van der Waals surface area contributed by atoms with Crippen molar-refractivity contribution in [1.82, 2.24) is 0 Å². The molecule has 8 heteroatoms. The maximum Gasteiger partial charge on any atom is 0.429 e. The number of hydrogen-bond acceptors (Lipinski definition) is 1. The Kier molecular flexibility index (Phi) is 5.32. The fraction of sp³-hybridized carbons (Fsp3) is 0.250. The van der Waals surface area contributed by atoms with Crippen LogP contribution in [0.1, 0.15) is 24.5 Å². The highest BCUT2D eigenvalue weighted by molar-refractivity contribution is 6.31. The van der Waals surface area contributed by atoms with Crippen molar-refractivity contribution in [1.29, 1.82) is 0 Å². The lowest BCUT2D eigenvalue weighted by molar-refractivity contribution is -0.187. The van der Waals surface area contributed by atoms with Gasteiger partial charge in [-0.2, -0.15) is 8.78 Å². The maximum absolute atomic E-state index is 14.1. The molecule has 2 rings (SSSR count). The molecule has 0 bridgehead atoms. The van der Waals surface area contributed by atoms with Crippen LogP contribution in [0.15, 0.2) is 24.3 Å². The van der Waals surface area contributed by atoms with E-state index in [4.69, 9.17) is 11.6 Å². The van der Waals surface area contributed by atoms with E-state index in [1.165, 1.54) is 6.07 Å². The highest BCUT2D eigenvalue weighted by Gasteiger charge is 2.39. The summed E-state index contributed by atoms with van der Waals surface area (Å²) in [6, 6.07) is 2.46. The summed E-state index contributed by atoms with van der Waals surface area (Å²) in [5, 5.41) is -0.478. The van der Waals surface area contributed by atoms with Crippen LogP contribution < -0.4 is 4.74 Å². The zero-order valence-corrected chi connectivity index (χ0v) is 13.0. The highest BCUT2D eigenvalue weighted by Crippen LogP contribution is 2.37. The minimum absolute atomic E-state index is 0.233. The predicted octanol–water partition coefficient (Wildman–Crippen LogP) is 5.98. The molecule has 0 aliphatic carbocycles. The van der Waals surface area contributed by atoms with E-state index >= 15 is 0 Å². The van der Waals surface area contributed by atoms with Crippen LogP contribution in [0.3, 0.4) is 0 Å². The van der Waals surface area contributed by atoms with Crippen molar-refractivity contribution < 1.29 is 31.1 Å². The van der Waals surface area contributed by atoms with Crippen molar-refractivity contribution in [2.45, 2.75) is 25.9 Å². The first-order chi connectivity index (χ1) is 11.2. The number of ether oxygens (including phenoxy) is 1. The van der Waals surface area contributed by atoms with Gasteiger partial charge >= 0.3 is 6.11 Å². The molecule has 0 heterocycles. The second-order valence-corrected chi connectivity index (χ2v) is 5.35. The van der Waals surface area contributed by atoms with E-state index < -0.39 is 45.7 Å². The fourth-order valence-corrected chi connectivity index (χ4v) is 2.33. The van der Waals surface area contributed by atoms with Gasteiger partial charge in [-0.1, -0.05) is 31.0 Å². The van der Waals surface area contributed by atoms with E-state index in [0.29, 0.717) is 18.4 Å². The molecule has 1 nitrogen and oxygen atoms in total. The monoisotopic (exact) mass is 368 g/mol. The molecule has 0 fully saturated rings. The minimum atomic E-state index is -4.27. The van der Waals surface area contributed by atoms with Crippen LogP contribution in [0.2, 0.25) is 5.02 Å². The lowest BCUT2D eigenvalue weighted by Crippen LogP contribution is -2.24. The second-order valence-electron chi connectivity index (χ2n) is 4.97. The lowest BCUT2D eigenvalue weighted by atomic mass is 10.1. The van der Waals surface area contributed by atoms with Crippen molar-refractivity contribution in [3.63, 3.8) is 0 Å².